The van der Waals surface area contributed by atoms with Crippen molar-refractivity contribution in [3.63, 3.8) is 0 Å². The van der Waals surface area contributed by atoms with Gasteiger partial charge in [-0.1, -0.05) is 62.6 Å². The number of hydrogen-bond donors (Lipinski definition) is 1. The first kappa shape index (κ1) is 18.1. The second-order valence-electron chi connectivity index (χ2n) is 6.42. The summed E-state index contributed by atoms with van der Waals surface area (Å²) in [7, 11) is 0. The molecular formula is C19H28ClNO2. The molecule has 0 aliphatic heterocycles. The summed E-state index contributed by atoms with van der Waals surface area (Å²) < 4.78 is 5.65. The van der Waals surface area contributed by atoms with Crippen LogP contribution in [-0.2, 0) is 4.74 Å². The molecule has 1 aliphatic carbocycles. The Hall–Kier alpha value is -1.22. The third kappa shape index (κ3) is 7.74. The van der Waals surface area contributed by atoms with Gasteiger partial charge in [-0.05, 0) is 43.9 Å². The Balaban J connectivity index is 1.80. The highest BCUT2D eigenvalue weighted by atomic mass is 35.5. The molecule has 4 heteroatoms. The topological polar surface area (TPSA) is 38.3 Å². The van der Waals surface area contributed by atoms with Gasteiger partial charge in [-0.3, -0.25) is 5.32 Å². The highest BCUT2D eigenvalue weighted by molar-refractivity contribution is 6.30. The maximum absolute atomic E-state index is 12.1. The van der Waals surface area contributed by atoms with Gasteiger partial charge in [0.1, 0.15) is 6.10 Å². The lowest BCUT2D eigenvalue weighted by Gasteiger charge is -2.19. The van der Waals surface area contributed by atoms with Crippen LogP contribution in [0.25, 0.3) is 0 Å². The van der Waals surface area contributed by atoms with Crippen LogP contribution in [0.3, 0.4) is 0 Å². The van der Waals surface area contributed by atoms with E-state index in [0.29, 0.717) is 10.7 Å². The normalized spacial score (nSPS) is 18.5. The van der Waals surface area contributed by atoms with Gasteiger partial charge in [-0.2, -0.15) is 0 Å². The number of rotatable bonds is 2. The zero-order chi connectivity index (χ0) is 16.3. The SMILES string of the molecule is O=C(Nc1cccc(Cl)c1)OC1CCCCCCCCCCC1. The Kier molecular flexibility index (Phi) is 8.30. The van der Waals surface area contributed by atoms with Crippen molar-refractivity contribution in [2.45, 2.75) is 76.7 Å². The molecule has 0 bridgehead atoms. The molecule has 1 aromatic rings. The van der Waals surface area contributed by atoms with Crippen LogP contribution in [0.2, 0.25) is 5.02 Å². The van der Waals surface area contributed by atoms with Crippen molar-refractivity contribution in [1.29, 1.82) is 0 Å². The Morgan fingerprint density at radius 1 is 0.957 bits per heavy atom. The van der Waals surface area contributed by atoms with Crippen LogP contribution >= 0.6 is 11.6 Å². The molecule has 1 fully saturated rings. The average Bonchev–Trinajstić information content (AvgIpc) is 2.50. The van der Waals surface area contributed by atoms with Crippen LogP contribution in [0.15, 0.2) is 24.3 Å². The summed E-state index contributed by atoms with van der Waals surface area (Å²) in [6, 6.07) is 7.14. The summed E-state index contributed by atoms with van der Waals surface area (Å²) in [5, 5.41) is 3.38. The summed E-state index contributed by atoms with van der Waals surface area (Å²) in [6.45, 7) is 0. The molecule has 0 saturated heterocycles. The predicted octanol–water partition coefficient (Wildman–Crippen LogP) is 6.56. The molecular weight excluding hydrogens is 310 g/mol. The number of nitrogens with one attached hydrogen (secondary N) is 1. The number of carbonyl (C=O) groups is 1. The van der Waals surface area contributed by atoms with Gasteiger partial charge in [0, 0.05) is 10.7 Å². The maximum Gasteiger partial charge on any atom is 0.411 e. The molecule has 1 saturated carbocycles. The Bertz CT molecular complexity index is 466. The van der Waals surface area contributed by atoms with Crippen molar-refractivity contribution in [3.05, 3.63) is 29.3 Å². The van der Waals surface area contributed by atoms with Crippen molar-refractivity contribution in [1.82, 2.24) is 0 Å². The maximum atomic E-state index is 12.1. The fourth-order valence-electron chi connectivity index (χ4n) is 3.11. The van der Waals surface area contributed by atoms with E-state index in [9.17, 15) is 4.79 Å². The van der Waals surface area contributed by atoms with E-state index in [4.69, 9.17) is 16.3 Å². The molecule has 0 spiro atoms. The summed E-state index contributed by atoms with van der Waals surface area (Å²) in [4.78, 5) is 12.1. The minimum absolute atomic E-state index is 0.0358. The number of anilines is 1. The van der Waals surface area contributed by atoms with Crippen LogP contribution in [0.5, 0.6) is 0 Å². The molecule has 1 N–H and O–H groups in total. The average molecular weight is 338 g/mol. The Morgan fingerprint density at radius 3 is 2.09 bits per heavy atom. The molecule has 1 aliphatic rings. The van der Waals surface area contributed by atoms with Gasteiger partial charge in [-0.25, -0.2) is 4.79 Å². The van der Waals surface area contributed by atoms with Crippen LogP contribution in [0.1, 0.15) is 70.6 Å². The quantitative estimate of drug-likeness (QED) is 0.663. The number of hydrogen-bond acceptors (Lipinski definition) is 2. The smallest absolute Gasteiger partial charge is 0.411 e. The van der Waals surface area contributed by atoms with E-state index in [1.54, 1.807) is 12.1 Å². The summed E-state index contributed by atoms with van der Waals surface area (Å²) in [6.07, 6.45) is 13.1. The first-order valence-electron chi connectivity index (χ1n) is 8.97. The molecule has 2 rings (SSSR count). The molecule has 0 atom stereocenters. The highest BCUT2D eigenvalue weighted by Gasteiger charge is 2.15. The van der Waals surface area contributed by atoms with Crippen molar-refractivity contribution in [2.24, 2.45) is 0 Å². The molecule has 3 nitrogen and oxygen atoms in total. The molecule has 1 amide bonds. The lowest BCUT2D eigenvalue weighted by atomic mass is 9.99. The Morgan fingerprint density at radius 2 is 1.52 bits per heavy atom. The lowest BCUT2D eigenvalue weighted by molar-refractivity contribution is 0.0958. The van der Waals surface area contributed by atoms with Gasteiger partial charge >= 0.3 is 6.09 Å². The minimum Gasteiger partial charge on any atom is -0.446 e. The summed E-state index contributed by atoms with van der Waals surface area (Å²) in [5.74, 6) is 0. The van der Waals surface area contributed by atoms with Crippen LogP contribution in [0.4, 0.5) is 10.5 Å². The zero-order valence-corrected chi connectivity index (χ0v) is 14.6. The molecule has 0 aromatic heterocycles. The first-order valence-corrected chi connectivity index (χ1v) is 9.35. The van der Waals surface area contributed by atoms with E-state index in [1.807, 2.05) is 12.1 Å². The van der Waals surface area contributed by atoms with Crippen LogP contribution in [-0.4, -0.2) is 12.2 Å². The van der Waals surface area contributed by atoms with Crippen LogP contribution in [0, 0.1) is 0 Å². The molecule has 0 unspecified atom stereocenters. The third-order valence-electron chi connectivity index (χ3n) is 4.40. The monoisotopic (exact) mass is 337 g/mol. The largest absolute Gasteiger partial charge is 0.446 e. The molecule has 23 heavy (non-hydrogen) atoms. The van der Waals surface area contributed by atoms with Gasteiger partial charge < -0.3 is 4.74 Å². The van der Waals surface area contributed by atoms with Crippen molar-refractivity contribution in [2.75, 3.05) is 5.32 Å². The zero-order valence-electron chi connectivity index (χ0n) is 13.9. The van der Waals surface area contributed by atoms with Crippen molar-refractivity contribution >= 4 is 23.4 Å². The second-order valence-corrected chi connectivity index (χ2v) is 6.86. The Labute approximate surface area is 144 Å². The van der Waals surface area contributed by atoms with E-state index in [-0.39, 0.29) is 12.2 Å². The highest BCUT2D eigenvalue weighted by Crippen LogP contribution is 2.20. The number of benzene rings is 1. The fraction of sp³-hybridized carbons (Fsp3) is 0.632. The third-order valence-corrected chi connectivity index (χ3v) is 4.63. The number of carbonyl (C=O) groups excluding carboxylic acids is 1. The van der Waals surface area contributed by atoms with E-state index in [2.05, 4.69) is 5.32 Å². The molecule has 0 radical (unpaired) electrons. The fourth-order valence-corrected chi connectivity index (χ4v) is 3.30. The van der Waals surface area contributed by atoms with Gasteiger partial charge in [0.25, 0.3) is 0 Å². The van der Waals surface area contributed by atoms with Gasteiger partial charge in [-0.15, -0.1) is 0 Å². The first-order chi connectivity index (χ1) is 11.2. The lowest BCUT2D eigenvalue weighted by Crippen LogP contribution is -2.22. The number of amides is 1. The van der Waals surface area contributed by atoms with E-state index < -0.39 is 0 Å². The van der Waals surface area contributed by atoms with Gasteiger partial charge in [0.2, 0.25) is 0 Å². The van der Waals surface area contributed by atoms with E-state index in [1.165, 1.54) is 44.9 Å². The number of ether oxygens (including phenoxy) is 1. The van der Waals surface area contributed by atoms with Crippen molar-refractivity contribution in [3.8, 4) is 0 Å². The van der Waals surface area contributed by atoms with E-state index >= 15 is 0 Å². The minimum atomic E-state index is -0.371. The number of halogens is 1. The summed E-state index contributed by atoms with van der Waals surface area (Å²) >= 11 is 5.93. The van der Waals surface area contributed by atoms with Gasteiger partial charge in [0.15, 0.2) is 0 Å². The second kappa shape index (κ2) is 10.5. The van der Waals surface area contributed by atoms with Gasteiger partial charge in [0.05, 0.1) is 0 Å². The van der Waals surface area contributed by atoms with Crippen molar-refractivity contribution < 1.29 is 9.53 Å². The molecule has 0 heterocycles. The molecule has 1 aromatic carbocycles. The predicted molar refractivity (Wildman–Crippen MR) is 96.1 cm³/mol. The summed E-state index contributed by atoms with van der Waals surface area (Å²) in [5.41, 5.74) is 0.677. The van der Waals surface area contributed by atoms with Crippen LogP contribution < -0.4 is 5.32 Å². The standard InChI is InChI=1S/C19H28ClNO2/c20-16-11-10-12-17(15-16)21-19(22)23-18-13-8-6-4-2-1-3-5-7-9-14-18/h10-12,15,18H,1-9,13-14H2,(H,21,22). The molecule has 128 valence electrons. The van der Waals surface area contributed by atoms with E-state index in [0.717, 1.165) is 25.7 Å².